The van der Waals surface area contributed by atoms with E-state index in [0.717, 1.165) is 16.9 Å². The maximum absolute atomic E-state index is 5.11. The fourth-order valence-corrected chi connectivity index (χ4v) is 1.55. The van der Waals surface area contributed by atoms with E-state index in [-0.39, 0.29) is 0 Å². The first-order valence-electron chi connectivity index (χ1n) is 5.83. The van der Waals surface area contributed by atoms with Crippen LogP contribution in [0.1, 0.15) is 11.1 Å². The summed E-state index contributed by atoms with van der Waals surface area (Å²) < 4.78 is 5.11. The van der Waals surface area contributed by atoms with Crippen LogP contribution in [0.5, 0.6) is 5.75 Å². The minimum Gasteiger partial charge on any atom is -0.497 e. The number of hydrogen-bond donors (Lipinski definition) is 0. The standard InChI is InChI=1S/C17H15O/c1-18-17-13-11-16(12-14-17)10-6-5-9-15-7-3-2-4-8-15/h2-4,6-14H,1H3. The molecule has 18 heavy (non-hydrogen) atoms. The van der Waals surface area contributed by atoms with Gasteiger partial charge in [-0.15, -0.1) is 0 Å². The maximum atomic E-state index is 5.11. The number of rotatable bonds is 4. The molecule has 2 aromatic rings. The summed E-state index contributed by atoms with van der Waals surface area (Å²) in [5.41, 5.74) is 2.28. The summed E-state index contributed by atoms with van der Waals surface area (Å²) in [4.78, 5) is 0. The molecular weight excluding hydrogens is 220 g/mol. The van der Waals surface area contributed by atoms with Crippen LogP contribution in [0.4, 0.5) is 0 Å². The summed E-state index contributed by atoms with van der Waals surface area (Å²) >= 11 is 0. The normalized spacial score (nSPS) is 11.2. The molecular formula is C17H15O. The lowest BCUT2D eigenvalue weighted by Gasteiger charge is -1.98. The van der Waals surface area contributed by atoms with Crippen molar-refractivity contribution in [2.45, 2.75) is 0 Å². The van der Waals surface area contributed by atoms with Gasteiger partial charge in [0.25, 0.3) is 0 Å². The summed E-state index contributed by atoms with van der Waals surface area (Å²) in [6.07, 6.45) is 9.02. The van der Waals surface area contributed by atoms with Gasteiger partial charge in [0, 0.05) is 0 Å². The van der Waals surface area contributed by atoms with Crippen LogP contribution in [-0.2, 0) is 0 Å². The lowest BCUT2D eigenvalue weighted by atomic mass is 10.2. The Kier molecular flexibility index (Phi) is 4.37. The number of benzene rings is 2. The summed E-state index contributed by atoms with van der Waals surface area (Å²) in [6.45, 7) is 0. The lowest BCUT2D eigenvalue weighted by Crippen LogP contribution is -1.81. The molecule has 0 heterocycles. The Bertz CT molecular complexity index is 521. The molecule has 1 nitrogen and oxygen atoms in total. The van der Waals surface area contributed by atoms with Crippen molar-refractivity contribution in [3.05, 3.63) is 77.9 Å². The smallest absolute Gasteiger partial charge is 0.118 e. The van der Waals surface area contributed by atoms with Gasteiger partial charge in [0.1, 0.15) is 5.75 Å². The Morgan fingerprint density at radius 3 is 2.28 bits per heavy atom. The highest BCUT2D eigenvalue weighted by Crippen LogP contribution is 2.12. The zero-order valence-corrected chi connectivity index (χ0v) is 10.3. The average molecular weight is 235 g/mol. The van der Waals surface area contributed by atoms with E-state index in [1.165, 1.54) is 0 Å². The fraction of sp³-hybridized carbons (Fsp3) is 0.0588. The molecule has 0 atom stereocenters. The summed E-state index contributed by atoms with van der Waals surface area (Å²) in [5.74, 6) is 0.871. The molecule has 0 fully saturated rings. The van der Waals surface area contributed by atoms with Crippen LogP contribution in [0.25, 0.3) is 12.2 Å². The van der Waals surface area contributed by atoms with Crippen molar-refractivity contribution >= 4 is 12.2 Å². The van der Waals surface area contributed by atoms with Crippen molar-refractivity contribution in [2.24, 2.45) is 0 Å². The molecule has 1 radical (unpaired) electrons. The van der Waals surface area contributed by atoms with Gasteiger partial charge in [0.05, 0.1) is 7.11 Å². The van der Waals surface area contributed by atoms with E-state index in [9.17, 15) is 0 Å². The molecule has 0 aliphatic heterocycles. The van der Waals surface area contributed by atoms with E-state index < -0.39 is 0 Å². The predicted molar refractivity (Wildman–Crippen MR) is 76.2 cm³/mol. The van der Waals surface area contributed by atoms with E-state index in [2.05, 4.69) is 6.08 Å². The highest BCUT2D eigenvalue weighted by molar-refractivity contribution is 5.55. The molecule has 0 saturated carbocycles. The monoisotopic (exact) mass is 235 g/mol. The van der Waals surface area contributed by atoms with Crippen LogP contribution < -0.4 is 4.74 Å². The van der Waals surface area contributed by atoms with Crippen molar-refractivity contribution in [3.63, 3.8) is 0 Å². The second-order valence-corrected chi connectivity index (χ2v) is 3.83. The van der Waals surface area contributed by atoms with Gasteiger partial charge in [0.2, 0.25) is 0 Å². The molecule has 0 amide bonds. The first kappa shape index (κ1) is 12.2. The Labute approximate surface area is 108 Å². The molecule has 0 bridgehead atoms. The van der Waals surface area contributed by atoms with E-state index in [1.54, 1.807) is 7.11 Å². The molecule has 89 valence electrons. The molecule has 0 spiro atoms. The van der Waals surface area contributed by atoms with Crippen molar-refractivity contribution < 1.29 is 4.74 Å². The second kappa shape index (κ2) is 6.45. The Morgan fingerprint density at radius 1 is 0.889 bits per heavy atom. The minimum atomic E-state index is 0.871. The minimum absolute atomic E-state index is 0.871. The van der Waals surface area contributed by atoms with Crippen LogP contribution in [0.15, 0.2) is 60.7 Å². The topological polar surface area (TPSA) is 9.23 Å². The zero-order chi connectivity index (χ0) is 12.6. The summed E-state index contributed by atoms with van der Waals surface area (Å²) in [6, 6.07) is 18.1. The molecule has 2 aromatic carbocycles. The third kappa shape index (κ3) is 3.63. The largest absolute Gasteiger partial charge is 0.497 e. The average Bonchev–Trinajstić information content (AvgIpc) is 2.45. The number of hydrogen-bond acceptors (Lipinski definition) is 1. The molecule has 0 N–H and O–H groups in total. The van der Waals surface area contributed by atoms with Crippen molar-refractivity contribution in [3.8, 4) is 5.75 Å². The van der Waals surface area contributed by atoms with E-state index in [4.69, 9.17) is 4.74 Å². The molecule has 0 aromatic heterocycles. The van der Waals surface area contributed by atoms with Crippen molar-refractivity contribution in [1.29, 1.82) is 0 Å². The fourth-order valence-electron chi connectivity index (χ4n) is 1.55. The van der Waals surface area contributed by atoms with Gasteiger partial charge in [-0.2, -0.15) is 0 Å². The highest BCUT2D eigenvalue weighted by atomic mass is 16.5. The molecule has 0 aliphatic carbocycles. The number of methoxy groups -OCH3 is 1. The maximum Gasteiger partial charge on any atom is 0.118 e. The first-order valence-corrected chi connectivity index (χ1v) is 5.83. The second-order valence-electron chi connectivity index (χ2n) is 3.83. The van der Waals surface area contributed by atoms with Crippen LogP contribution in [0, 0.1) is 6.08 Å². The molecule has 1 heteroatoms. The molecule has 0 aliphatic rings. The van der Waals surface area contributed by atoms with E-state index in [1.807, 2.05) is 72.8 Å². The Hall–Kier alpha value is -2.28. The van der Waals surface area contributed by atoms with Gasteiger partial charge in [-0.05, 0) is 35.4 Å². The van der Waals surface area contributed by atoms with Crippen molar-refractivity contribution in [2.75, 3.05) is 7.11 Å². The Morgan fingerprint density at radius 2 is 1.61 bits per heavy atom. The van der Waals surface area contributed by atoms with Gasteiger partial charge >= 0.3 is 0 Å². The zero-order valence-electron chi connectivity index (χ0n) is 10.3. The van der Waals surface area contributed by atoms with Crippen molar-refractivity contribution in [1.82, 2.24) is 0 Å². The Balaban J connectivity index is 1.96. The van der Waals surface area contributed by atoms with Crippen LogP contribution in [-0.4, -0.2) is 7.11 Å². The van der Waals surface area contributed by atoms with Gasteiger partial charge < -0.3 is 4.74 Å². The predicted octanol–water partition coefficient (Wildman–Crippen LogP) is 4.22. The van der Waals surface area contributed by atoms with Gasteiger partial charge in [0.15, 0.2) is 0 Å². The van der Waals surface area contributed by atoms with Crippen LogP contribution >= 0.6 is 0 Å². The molecule has 0 saturated heterocycles. The highest BCUT2D eigenvalue weighted by Gasteiger charge is 1.88. The molecule has 2 rings (SSSR count). The first-order chi connectivity index (χ1) is 8.88. The molecule has 0 unspecified atom stereocenters. The summed E-state index contributed by atoms with van der Waals surface area (Å²) in [5, 5.41) is 0. The summed E-state index contributed by atoms with van der Waals surface area (Å²) in [7, 11) is 1.67. The van der Waals surface area contributed by atoms with E-state index in [0.29, 0.717) is 0 Å². The van der Waals surface area contributed by atoms with E-state index >= 15 is 0 Å². The SMILES string of the molecule is COc1ccc(C=C[C]=Cc2ccccc2)cc1. The van der Waals surface area contributed by atoms with Crippen LogP contribution in [0.3, 0.4) is 0 Å². The van der Waals surface area contributed by atoms with Gasteiger partial charge in [-0.25, -0.2) is 0 Å². The van der Waals surface area contributed by atoms with Gasteiger partial charge in [-0.1, -0.05) is 54.6 Å². The quantitative estimate of drug-likeness (QED) is 0.721. The lowest BCUT2D eigenvalue weighted by molar-refractivity contribution is 0.415. The van der Waals surface area contributed by atoms with Gasteiger partial charge in [-0.3, -0.25) is 0 Å². The number of ether oxygens (including phenoxy) is 1. The van der Waals surface area contributed by atoms with Crippen LogP contribution in [0.2, 0.25) is 0 Å². The third-order valence-electron chi connectivity index (χ3n) is 2.54. The number of allylic oxidation sites excluding steroid dienone is 2. The third-order valence-corrected chi connectivity index (χ3v) is 2.54.